The molecule has 0 spiro atoms. The zero-order chi connectivity index (χ0) is 17.0. The van der Waals surface area contributed by atoms with Gasteiger partial charge in [0.1, 0.15) is 0 Å². The molecule has 5 nitrogen and oxygen atoms in total. The smallest absolute Gasteiger partial charge is 0.228 e. The van der Waals surface area contributed by atoms with Crippen LogP contribution in [0.1, 0.15) is 5.56 Å². The van der Waals surface area contributed by atoms with Gasteiger partial charge in [0.05, 0.1) is 11.3 Å². The summed E-state index contributed by atoms with van der Waals surface area (Å²) in [6.07, 6.45) is 1.15. The molecule has 0 saturated carbocycles. The number of carbonyl (C=O) groups is 1. The Morgan fingerprint density at radius 1 is 1.09 bits per heavy atom. The first kappa shape index (κ1) is 17.0. The predicted octanol–water partition coefficient (Wildman–Crippen LogP) is 2.34. The SMILES string of the molecule is CN(C)c1cccc(NC(=O)Cc2ccccc2S(C)(=O)=O)c1. The van der Waals surface area contributed by atoms with E-state index in [0.29, 0.717) is 11.3 Å². The number of carbonyl (C=O) groups excluding carboxylic acids is 1. The summed E-state index contributed by atoms with van der Waals surface area (Å²) in [5, 5.41) is 2.80. The van der Waals surface area contributed by atoms with Crippen LogP contribution in [-0.2, 0) is 21.1 Å². The van der Waals surface area contributed by atoms with Crippen LogP contribution in [-0.4, -0.2) is 34.7 Å². The van der Waals surface area contributed by atoms with Crippen LogP contribution < -0.4 is 10.2 Å². The molecule has 2 rings (SSSR count). The molecule has 0 fully saturated rings. The summed E-state index contributed by atoms with van der Waals surface area (Å²) in [7, 11) is 0.483. The fraction of sp³-hybridized carbons (Fsp3) is 0.235. The number of hydrogen-bond acceptors (Lipinski definition) is 4. The van der Waals surface area contributed by atoms with Crippen LogP contribution in [0.5, 0.6) is 0 Å². The van der Waals surface area contributed by atoms with Crippen molar-refractivity contribution in [2.75, 3.05) is 30.6 Å². The average molecular weight is 332 g/mol. The van der Waals surface area contributed by atoms with Crippen LogP contribution in [0.15, 0.2) is 53.4 Å². The minimum atomic E-state index is -3.36. The third-order valence-electron chi connectivity index (χ3n) is 3.37. The van der Waals surface area contributed by atoms with Gasteiger partial charge < -0.3 is 10.2 Å². The number of nitrogens with one attached hydrogen (secondary N) is 1. The van der Waals surface area contributed by atoms with E-state index < -0.39 is 9.84 Å². The minimum Gasteiger partial charge on any atom is -0.378 e. The monoisotopic (exact) mass is 332 g/mol. The van der Waals surface area contributed by atoms with Crippen molar-refractivity contribution in [1.82, 2.24) is 0 Å². The molecule has 2 aromatic carbocycles. The molecule has 0 aliphatic heterocycles. The quantitative estimate of drug-likeness (QED) is 0.913. The van der Waals surface area contributed by atoms with Crippen LogP contribution in [0.4, 0.5) is 11.4 Å². The van der Waals surface area contributed by atoms with Gasteiger partial charge in [-0.2, -0.15) is 0 Å². The van der Waals surface area contributed by atoms with Gasteiger partial charge >= 0.3 is 0 Å². The number of rotatable bonds is 5. The van der Waals surface area contributed by atoms with E-state index in [1.54, 1.807) is 24.3 Å². The number of anilines is 2. The Morgan fingerprint density at radius 2 is 1.78 bits per heavy atom. The summed E-state index contributed by atoms with van der Waals surface area (Å²) in [4.78, 5) is 14.4. The van der Waals surface area contributed by atoms with E-state index in [1.807, 2.05) is 37.2 Å². The highest BCUT2D eigenvalue weighted by Gasteiger charge is 2.15. The van der Waals surface area contributed by atoms with Gasteiger partial charge in [-0.05, 0) is 29.8 Å². The molecule has 1 amide bonds. The summed E-state index contributed by atoms with van der Waals surface area (Å²) in [5.41, 5.74) is 2.15. The summed E-state index contributed by atoms with van der Waals surface area (Å²) < 4.78 is 23.6. The molecule has 0 aliphatic rings. The molecule has 0 heterocycles. The highest BCUT2D eigenvalue weighted by molar-refractivity contribution is 7.90. The Kier molecular flexibility index (Phi) is 5.05. The van der Waals surface area contributed by atoms with Crippen molar-refractivity contribution in [3.63, 3.8) is 0 Å². The zero-order valence-electron chi connectivity index (χ0n) is 13.4. The van der Waals surface area contributed by atoms with E-state index in [1.165, 1.54) is 6.07 Å². The third-order valence-corrected chi connectivity index (χ3v) is 4.57. The van der Waals surface area contributed by atoms with Gasteiger partial charge in [-0.3, -0.25) is 4.79 Å². The maximum Gasteiger partial charge on any atom is 0.228 e. The Hall–Kier alpha value is -2.34. The summed E-state index contributed by atoms with van der Waals surface area (Å²) in [5.74, 6) is -0.253. The molecular formula is C17H20N2O3S. The van der Waals surface area contributed by atoms with Crippen molar-refractivity contribution in [3.05, 3.63) is 54.1 Å². The lowest BCUT2D eigenvalue weighted by Crippen LogP contribution is -2.17. The molecule has 0 aliphatic carbocycles. The fourth-order valence-electron chi connectivity index (χ4n) is 2.25. The summed E-state index contributed by atoms with van der Waals surface area (Å²) in [6.45, 7) is 0. The molecule has 23 heavy (non-hydrogen) atoms. The molecule has 0 saturated heterocycles. The summed E-state index contributed by atoms with van der Waals surface area (Å²) >= 11 is 0. The lowest BCUT2D eigenvalue weighted by molar-refractivity contribution is -0.115. The van der Waals surface area contributed by atoms with Gasteiger partial charge in [0.15, 0.2) is 9.84 Å². The lowest BCUT2D eigenvalue weighted by atomic mass is 10.1. The van der Waals surface area contributed by atoms with E-state index in [-0.39, 0.29) is 17.2 Å². The highest BCUT2D eigenvalue weighted by atomic mass is 32.2. The van der Waals surface area contributed by atoms with Gasteiger partial charge in [0.2, 0.25) is 5.91 Å². The average Bonchev–Trinajstić information content (AvgIpc) is 2.46. The second kappa shape index (κ2) is 6.83. The third kappa shape index (κ3) is 4.56. The molecule has 6 heteroatoms. The van der Waals surface area contributed by atoms with Gasteiger partial charge in [-0.1, -0.05) is 24.3 Å². The van der Waals surface area contributed by atoms with E-state index >= 15 is 0 Å². The second-order valence-corrected chi connectivity index (χ2v) is 7.53. The van der Waals surface area contributed by atoms with E-state index in [0.717, 1.165) is 11.9 Å². The van der Waals surface area contributed by atoms with Crippen molar-refractivity contribution in [1.29, 1.82) is 0 Å². The normalized spacial score (nSPS) is 11.1. The van der Waals surface area contributed by atoms with Crippen LogP contribution in [0.2, 0.25) is 0 Å². The number of nitrogens with zero attached hydrogens (tertiary/aromatic N) is 1. The standard InChI is InChI=1S/C17H20N2O3S/c1-19(2)15-9-6-8-14(12-15)18-17(20)11-13-7-4-5-10-16(13)23(3,21)22/h4-10,12H,11H2,1-3H3,(H,18,20). The van der Waals surface area contributed by atoms with Crippen LogP contribution in [0, 0.1) is 0 Å². The van der Waals surface area contributed by atoms with Crippen molar-refractivity contribution < 1.29 is 13.2 Å². The van der Waals surface area contributed by atoms with E-state index in [9.17, 15) is 13.2 Å². The van der Waals surface area contributed by atoms with Crippen LogP contribution in [0.25, 0.3) is 0 Å². The fourth-order valence-corrected chi connectivity index (χ4v) is 3.19. The molecule has 1 N–H and O–H groups in total. The molecule has 2 aromatic rings. The maximum atomic E-state index is 12.2. The van der Waals surface area contributed by atoms with Gasteiger partial charge in [-0.25, -0.2) is 8.42 Å². The second-order valence-electron chi connectivity index (χ2n) is 5.55. The lowest BCUT2D eigenvalue weighted by Gasteiger charge is -2.14. The first-order valence-corrected chi connectivity index (χ1v) is 9.02. The van der Waals surface area contributed by atoms with Crippen molar-refractivity contribution >= 4 is 27.1 Å². The number of benzene rings is 2. The molecule has 0 aromatic heterocycles. The van der Waals surface area contributed by atoms with Crippen molar-refractivity contribution in [3.8, 4) is 0 Å². The first-order valence-electron chi connectivity index (χ1n) is 7.12. The Bertz CT molecular complexity index is 814. The minimum absolute atomic E-state index is 0.00936. The van der Waals surface area contributed by atoms with Crippen LogP contribution >= 0.6 is 0 Å². The molecule has 0 radical (unpaired) electrons. The van der Waals surface area contributed by atoms with E-state index in [4.69, 9.17) is 0 Å². The maximum absolute atomic E-state index is 12.2. The molecule has 0 atom stereocenters. The number of amides is 1. The highest BCUT2D eigenvalue weighted by Crippen LogP contribution is 2.19. The molecule has 0 bridgehead atoms. The molecular weight excluding hydrogens is 312 g/mol. The Morgan fingerprint density at radius 3 is 2.43 bits per heavy atom. The van der Waals surface area contributed by atoms with Gasteiger partial charge in [0, 0.05) is 31.7 Å². The first-order chi connectivity index (χ1) is 10.8. The number of hydrogen-bond donors (Lipinski definition) is 1. The molecule has 122 valence electrons. The number of sulfone groups is 1. The van der Waals surface area contributed by atoms with Gasteiger partial charge in [-0.15, -0.1) is 0 Å². The zero-order valence-corrected chi connectivity index (χ0v) is 14.2. The van der Waals surface area contributed by atoms with Crippen LogP contribution in [0.3, 0.4) is 0 Å². The van der Waals surface area contributed by atoms with Crippen molar-refractivity contribution in [2.24, 2.45) is 0 Å². The van der Waals surface area contributed by atoms with Gasteiger partial charge in [0.25, 0.3) is 0 Å². The summed E-state index contributed by atoms with van der Waals surface area (Å²) in [6, 6.07) is 14.0. The largest absolute Gasteiger partial charge is 0.378 e. The topological polar surface area (TPSA) is 66.5 Å². The Labute approximate surface area is 136 Å². The predicted molar refractivity (Wildman–Crippen MR) is 92.7 cm³/mol. The van der Waals surface area contributed by atoms with E-state index in [2.05, 4.69) is 5.32 Å². The van der Waals surface area contributed by atoms with Crippen molar-refractivity contribution in [2.45, 2.75) is 11.3 Å². The molecule has 0 unspecified atom stereocenters. The Balaban J connectivity index is 2.17.